The molecule has 3 unspecified atom stereocenters. The van der Waals surface area contributed by atoms with Crippen LogP contribution >= 0.6 is 35.6 Å². The van der Waals surface area contributed by atoms with Gasteiger partial charge in [-0.3, -0.25) is 9.59 Å². The smallest absolute Gasteiger partial charge is 0.239 e. The molecule has 1 aromatic rings. The topological polar surface area (TPSA) is 66.6 Å². The third-order valence-corrected chi connectivity index (χ3v) is 5.77. The largest absolute Gasteiger partial charge is 0.342 e. The lowest BCUT2D eigenvalue weighted by molar-refractivity contribution is -0.141. The van der Waals surface area contributed by atoms with Crippen molar-refractivity contribution in [3.05, 3.63) is 28.2 Å². The number of benzene rings is 1. The van der Waals surface area contributed by atoms with E-state index >= 15 is 0 Å². The van der Waals surface area contributed by atoms with Gasteiger partial charge < -0.3 is 15.5 Å². The Kier molecular flexibility index (Phi) is 7.19. The summed E-state index contributed by atoms with van der Waals surface area (Å²) in [5, 5.41) is 0.971. The van der Waals surface area contributed by atoms with Crippen LogP contribution < -0.4 is 10.6 Å². The Balaban J connectivity index is 0.00000243. The summed E-state index contributed by atoms with van der Waals surface area (Å²) in [5.74, 6) is -0.623. The molecule has 3 atom stereocenters. The zero-order chi connectivity index (χ0) is 18.1. The van der Waals surface area contributed by atoms with E-state index in [1.807, 2.05) is 11.8 Å². The molecular formula is C18H24Cl3N3O2. The number of nitrogens with two attached hydrogens (primary N) is 1. The van der Waals surface area contributed by atoms with Crippen LogP contribution in [0.25, 0.3) is 0 Å². The van der Waals surface area contributed by atoms with Crippen LogP contribution in [0.5, 0.6) is 0 Å². The summed E-state index contributed by atoms with van der Waals surface area (Å²) in [6.45, 7) is 3.78. The zero-order valence-corrected chi connectivity index (χ0v) is 17.0. The molecule has 0 aromatic heterocycles. The highest BCUT2D eigenvalue weighted by Gasteiger charge is 2.41. The molecule has 5 nitrogen and oxygen atoms in total. The first-order valence-corrected chi connectivity index (χ1v) is 9.45. The van der Waals surface area contributed by atoms with Crippen molar-refractivity contribution >= 4 is 53.1 Å². The van der Waals surface area contributed by atoms with E-state index < -0.39 is 5.92 Å². The van der Waals surface area contributed by atoms with Gasteiger partial charge in [-0.05, 0) is 50.3 Å². The summed E-state index contributed by atoms with van der Waals surface area (Å²) < 4.78 is 0. The number of piperidine rings is 1. The van der Waals surface area contributed by atoms with Crippen molar-refractivity contribution in [3.8, 4) is 0 Å². The highest BCUT2D eigenvalue weighted by molar-refractivity contribution is 6.36. The van der Waals surface area contributed by atoms with E-state index in [1.165, 1.54) is 0 Å². The third-order valence-electron chi connectivity index (χ3n) is 5.22. The van der Waals surface area contributed by atoms with Crippen molar-refractivity contribution in [2.24, 2.45) is 17.6 Å². The molecule has 2 aliphatic heterocycles. The average Bonchev–Trinajstić information content (AvgIpc) is 2.98. The summed E-state index contributed by atoms with van der Waals surface area (Å²) >= 11 is 12.2. The molecule has 2 saturated heterocycles. The normalized spacial score (nSPS) is 24.4. The van der Waals surface area contributed by atoms with E-state index in [1.54, 1.807) is 23.1 Å². The Morgan fingerprint density at radius 3 is 2.69 bits per heavy atom. The number of carbonyl (C=O) groups is 2. The van der Waals surface area contributed by atoms with E-state index in [0.717, 1.165) is 12.8 Å². The molecule has 2 heterocycles. The monoisotopic (exact) mass is 419 g/mol. The first-order valence-electron chi connectivity index (χ1n) is 8.69. The van der Waals surface area contributed by atoms with Gasteiger partial charge in [0.1, 0.15) is 5.92 Å². The minimum Gasteiger partial charge on any atom is -0.342 e. The molecule has 2 aliphatic rings. The molecule has 1 aromatic carbocycles. The number of hydrogen-bond acceptors (Lipinski definition) is 3. The van der Waals surface area contributed by atoms with Gasteiger partial charge in [0.15, 0.2) is 0 Å². The van der Waals surface area contributed by atoms with Crippen LogP contribution in [0, 0.1) is 11.8 Å². The van der Waals surface area contributed by atoms with Gasteiger partial charge in [-0.15, -0.1) is 12.4 Å². The van der Waals surface area contributed by atoms with Crippen molar-refractivity contribution in [2.45, 2.75) is 32.2 Å². The van der Waals surface area contributed by atoms with Gasteiger partial charge in [0.05, 0.1) is 10.7 Å². The molecular weight excluding hydrogens is 397 g/mol. The highest BCUT2D eigenvalue weighted by atomic mass is 35.5. The summed E-state index contributed by atoms with van der Waals surface area (Å²) in [7, 11) is 0. The molecule has 8 heteroatoms. The Hall–Kier alpha value is -1.01. The van der Waals surface area contributed by atoms with Gasteiger partial charge in [0, 0.05) is 30.7 Å². The van der Waals surface area contributed by atoms with Crippen LogP contribution in [0.1, 0.15) is 26.2 Å². The number of nitrogens with zero attached hydrogens (tertiary/aromatic N) is 2. The summed E-state index contributed by atoms with van der Waals surface area (Å²) in [4.78, 5) is 29.1. The van der Waals surface area contributed by atoms with Gasteiger partial charge >= 0.3 is 0 Å². The van der Waals surface area contributed by atoms with Crippen molar-refractivity contribution in [1.29, 1.82) is 0 Å². The second-order valence-electron chi connectivity index (χ2n) is 6.97. The van der Waals surface area contributed by atoms with E-state index in [0.29, 0.717) is 47.7 Å². The average molecular weight is 421 g/mol. The summed E-state index contributed by atoms with van der Waals surface area (Å²) in [6.07, 6.45) is 2.47. The molecule has 0 bridgehead atoms. The zero-order valence-electron chi connectivity index (χ0n) is 14.7. The second-order valence-corrected chi connectivity index (χ2v) is 7.82. The Bertz CT molecular complexity index is 684. The minimum absolute atomic E-state index is 0. The molecule has 26 heavy (non-hydrogen) atoms. The highest BCUT2D eigenvalue weighted by Crippen LogP contribution is 2.34. The number of hydrogen-bond donors (Lipinski definition) is 1. The van der Waals surface area contributed by atoms with Crippen LogP contribution in [-0.2, 0) is 9.59 Å². The van der Waals surface area contributed by atoms with E-state index in [2.05, 4.69) is 0 Å². The van der Waals surface area contributed by atoms with Crippen molar-refractivity contribution < 1.29 is 9.59 Å². The standard InChI is InChI=1S/C18H23Cl2N3O2.ClH/c1-11(21)12-3-2-7-22(10-12)17(24)14-6-8-23(18(14)25)16-9-13(19)4-5-15(16)20;/h4-5,9,11-12,14H,2-3,6-8,10,21H2,1H3;1H. The molecule has 144 valence electrons. The molecule has 0 aliphatic carbocycles. The molecule has 2 amide bonds. The van der Waals surface area contributed by atoms with Crippen LogP contribution in [0.2, 0.25) is 10.0 Å². The Labute approximate surface area is 170 Å². The maximum Gasteiger partial charge on any atom is 0.239 e. The molecule has 0 spiro atoms. The minimum atomic E-state index is -0.637. The van der Waals surface area contributed by atoms with Crippen molar-refractivity contribution in [3.63, 3.8) is 0 Å². The quantitative estimate of drug-likeness (QED) is 0.763. The fourth-order valence-electron chi connectivity index (χ4n) is 3.70. The Morgan fingerprint density at radius 1 is 1.27 bits per heavy atom. The predicted octanol–water partition coefficient (Wildman–Crippen LogP) is 3.35. The van der Waals surface area contributed by atoms with Crippen LogP contribution in [-0.4, -0.2) is 42.4 Å². The van der Waals surface area contributed by atoms with Gasteiger partial charge in [0.2, 0.25) is 11.8 Å². The predicted molar refractivity (Wildman–Crippen MR) is 107 cm³/mol. The Morgan fingerprint density at radius 2 is 2.00 bits per heavy atom. The maximum atomic E-state index is 12.9. The second kappa shape index (κ2) is 8.79. The fraction of sp³-hybridized carbons (Fsp3) is 0.556. The number of halogens is 3. The number of anilines is 1. The number of rotatable bonds is 3. The SMILES string of the molecule is CC(N)C1CCCN(C(=O)C2CCN(c3cc(Cl)ccc3Cl)C2=O)C1.Cl. The van der Waals surface area contributed by atoms with Gasteiger partial charge in [0.25, 0.3) is 0 Å². The number of amides is 2. The lowest BCUT2D eigenvalue weighted by Gasteiger charge is -2.35. The molecule has 2 fully saturated rings. The molecule has 2 N–H and O–H groups in total. The van der Waals surface area contributed by atoms with Crippen LogP contribution in [0.4, 0.5) is 5.69 Å². The lowest BCUT2D eigenvalue weighted by Crippen LogP contribution is -2.48. The fourth-order valence-corrected chi connectivity index (χ4v) is 4.09. The lowest BCUT2D eigenvalue weighted by atomic mass is 9.91. The first kappa shape index (κ1) is 21.3. The van der Waals surface area contributed by atoms with Gasteiger partial charge in [-0.2, -0.15) is 0 Å². The summed E-state index contributed by atoms with van der Waals surface area (Å²) in [6, 6.07) is 5.07. The third kappa shape index (κ3) is 4.28. The molecule has 0 radical (unpaired) electrons. The van der Waals surface area contributed by atoms with Crippen molar-refractivity contribution in [2.75, 3.05) is 24.5 Å². The molecule has 3 rings (SSSR count). The van der Waals surface area contributed by atoms with Crippen molar-refractivity contribution in [1.82, 2.24) is 4.90 Å². The van der Waals surface area contributed by atoms with Gasteiger partial charge in [-0.1, -0.05) is 23.2 Å². The summed E-state index contributed by atoms with van der Waals surface area (Å²) in [5.41, 5.74) is 6.57. The number of likely N-dealkylation sites (tertiary alicyclic amines) is 1. The maximum absolute atomic E-state index is 12.9. The number of carbonyl (C=O) groups excluding carboxylic acids is 2. The molecule has 0 saturated carbocycles. The van der Waals surface area contributed by atoms with Crippen LogP contribution in [0.15, 0.2) is 18.2 Å². The van der Waals surface area contributed by atoms with Gasteiger partial charge in [-0.25, -0.2) is 0 Å². The van der Waals surface area contributed by atoms with E-state index in [9.17, 15) is 9.59 Å². The first-order chi connectivity index (χ1) is 11.9. The van der Waals surface area contributed by atoms with E-state index in [-0.39, 0.29) is 30.3 Å². The van der Waals surface area contributed by atoms with Crippen LogP contribution in [0.3, 0.4) is 0 Å². The van der Waals surface area contributed by atoms with E-state index in [4.69, 9.17) is 28.9 Å².